The minimum Gasteiger partial charge on any atom is -0.378 e. The van der Waals surface area contributed by atoms with E-state index in [4.69, 9.17) is 17.0 Å². The maximum absolute atomic E-state index is 12.7. The van der Waals surface area contributed by atoms with Crippen molar-refractivity contribution in [2.45, 2.75) is 44.8 Å². The summed E-state index contributed by atoms with van der Waals surface area (Å²) in [4.78, 5) is 28.0. The number of hydrogen-bond donors (Lipinski definition) is 2. The predicted octanol–water partition coefficient (Wildman–Crippen LogP) is 2.67. The van der Waals surface area contributed by atoms with Crippen LogP contribution in [0.2, 0.25) is 0 Å². The van der Waals surface area contributed by atoms with Gasteiger partial charge < -0.3 is 15.0 Å². The summed E-state index contributed by atoms with van der Waals surface area (Å²) >= 11 is 5.16. The van der Waals surface area contributed by atoms with Crippen LogP contribution in [-0.2, 0) is 11.8 Å². The number of carbonyl (C=O) groups excluding carboxylic acids is 1. The Bertz CT molecular complexity index is 990. The summed E-state index contributed by atoms with van der Waals surface area (Å²) in [5.41, 5.74) is 1.08. The highest BCUT2D eigenvalue weighted by Gasteiger charge is 2.59. The Kier molecular flexibility index (Phi) is 4.23. The molecule has 0 aliphatic heterocycles. The first-order valence-electron chi connectivity index (χ1n) is 9.12. The molecule has 2 N–H and O–H groups in total. The van der Waals surface area contributed by atoms with Gasteiger partial charge in [-0.25, -0.2) is 0 Å². The third-order valence-corrected chi connectivity index (χ3v) is 6.48. The van der Waals surface area contributed by atoms with Crippen molar-refractivity contribution in [1.29, 1.82) is 0 Å². The summed E-state index contributed by atoms with van der Waals surface area (Å²) in [7, 11) is 1.63. The largest absolute Gasteiger partial charge is 0.378 e. The first kappa shape index (κ1) is 17.4. The third-order valence-electron chi connectivity index (χ3n) is 6.11. The molecule has 1 aromatic carbocycles. The molecule has 6 nitrogen and oxygen atoms in total. The number of nitrogens with one attached hydrogen (secondary N) is 2. The smallest absolute Gasteiger partial charge is 0.261 e. The molecule has 138 valence electrons. The molecule has 1 amide bonds. The molecule has 2 aromatic rings. The quantitative estimate of drug-likeness (QED) is 0.808. The molecule has 1 heterocycles. The first-order valence-corrected chi connectivity index (χ1v) is 9.52. The average Bonchev–Trinajstić information content (AvgIpc) is 2.56. The van der Waals surface area contributed by atoms with Gasteiger partial charge in [-0.15, -0.1) is 0 Å². The van der Waals surface area contributed by atoms with Crippen LogP contribution in [0.1, 0.15) is 43.0 Å². The van der Waals surface area contributed by atoms with E-state index < -0.39 is 0 Å². The van der Waals surface area contributed by atoms with Crippen molar-refractivity contribution < 1.29 is 9.53 Å². The van der Waals surface area contributed by atoms with Crippen molar-refractivity contribution in [3.8, 4) is 0 Å². The van der Waals surface area contributed by atoms with E-state index >= 15 is 0 Å². The highest BCUT2D eigenvalue weighted by molar-refractivity contribution is 7.71. The lowest BCUT2D eigenvalue weighted by Crippen LogP contribution is -2.67. The highest BCUT2D eigenvalue weighted by Crippen LogP contribution is 2.57. The minimum absolute atomic E-state index is 0.113. The van der Waals surface area contributed by atoms with Crippen LogP contribution in [0.25, 0.3) is 10.9 Å². The number of aromatic nitrogens is 2. The third kappa shape index (κ3) is 2.53. The number of rotatable bonds is 4. The molecule has 2 saturated carbocycles. The van der Waals surface area contributed by atoms with Crippen molar-refractivity contribution in [2.24, 2.45) is 12.5 Å². The van der Waals surface area contributed by atoms with Gasteiger partial charge in [-0.1, -0.05) is 6.42 Å². The summed E-state index contributed by atoms with van der Waals surface area (Å²) in [5, 5.41) is 3.70. The van der Waals surface area contributed by atoms with Crippen molar-refractivity contribution in [2.75, 3.05) is 6.61 Å². The van der Waals surface area contributed by atoms with Crippen LogP contribution in [0.5, 0.6) is 0 Å². The van der Waals surface area contributed by atoms with Crippen LogP contribution in [0.15, 0.2) is 23.0 Å². The van der Waals surface area contributed by atoms with Crippen LogP contribution in [0.3, 0.4) is 0 Å². The standard InChI is InChI=1S/C19H23N3O3S/c1-3-25-15-10-14(19(15)7-4-8-19)21-16(23)11-5-6-12-13(9-11)20-18(26)22(2)17(12)24/h5-6,9,14-15H,3-4,7-8,10H2,1-2H3,(H,20,26)(H,21,23)/t14-,15-/m1/s1. The molecule has 1 aromatic heterocycles. The zero-order chi connectivity index (χ0) is 18.5. The fourth-order valence-electron chi connectivity index (χ4n) is 4.33. The summed E-state index contributed by atoms with van der Waals surface area (Å²) in [6.07, 6.45) is 4.57. The van der Waals surface area contributed by atoms with Crippen LogP contribution < -0.4 is 10.9 Å². The average molecular weight is 373 g/mol. The van der Waals surface area contributed by atoms with E-state index in [0.717, 1.165) is 19.3 Å². The number of ether oxygens (including phenoxy) is 1. The molecule has 0 radical (unpaired) electrons. The van der Waals surface area contributed by atoms with Gasteiger partial charge in [-0.2, -0.15) is 0 Å². The highest BCUT2D eigenvalue weighted by atomic mass is 32.1. The van der Waals surface area contributed by atoms with E-state index in [1.54, 1.807) is 25.2 Å². The van der Waals surface area contributed by atoms with E-state index in [1.165, 1.54) is 11.0 Å². The lowest BCUT2D eigenvalue weighted by Gasteiger charge is -2.61. The van der Waals surface area contributed by atoms with Gasteiger partial charge in [0.1, 0.15) is 0 Å². The lowest BCUT2D eigenvalue weighted by molar-refractivity contribution is -0.169. The van der Waals surface area contributed by atoms with Gasteiger partial charge in [0, 0.05) is 30.7 Å². The summed E-state index contributed by atoms with van der Waals surface area (Å²) in [6, 6.07) is 5.25. The Morgan fingerprint density at radius 1 is 1.46 bits per heavy atom. The fourth-order valence-corrected chi connectivity index (χ4v) is 4.52. The Labute approximate surface area is 156 Å². The number of carbonyl (C=O) groups is 1. The van der Waals surface area contributed by atoms with Gasteiger partial charge in [-0.3, -0.25) is 14.2 Å². The summed E-state index contributed by atoms with van der Waals surface area (Å²) < 4.78 is 7.57. The number of fused-ring (bicyclic) bond motifs is 1. The lowest BCUT2D eigenvalue weighted by atomic mass is 9.51. The summed E-state index contributed by atoms with van der Waals surface area (Å²) in [5.74, 6) is -0.113. The maximum atomic E-state index is 12.7. The first-order chi connectivity index (χ1) is 12.5. The second-order valence-corrected chi connectivity index (χ2v) is 7.73. The van der Waals surface area contributed by atoms with E-state index in [1.807, 2.05) is 6.92 Å². The normalized spacial score (nSPS) is 23.5. The molecule has 2 atom stereocenters. The van der Waals surface area contributed by atoms with E-state index in [-0.39, 0.29) is 29.0 Å². The van der Waals surface area contributed by atoms with Crippen molar-refractivity contribution >= 4 is 29.0 Å². The van der Waals surface area contributed by atoms with Gasteiger partial charge in [0.15, 0.2) is 4.77 Å². The molecule has 0 bridgehead atoms. The Hall–Kier alpha value is -1.99. The molecule has 26 heavy (non-hydrogen) atoms. The zero-order valence-electron chi connectivity index (χ0n) is 15.0. The molecule has 0 saturated heterocycles. The zero-order valence-corrected chi connectivity index (χ0v) is 15.8. The Morgan fingerprint density at radius 3 is 2.88 bits per heavy atom. The van der Waals surface area contributed by atoms with Crippen molar-refractivity contribution in [1.82, 2.24) is 14.9 Å². The van der Waals surface area contributed by atoms with Gasteiger partial charge in [0.25, 0.3) is 11.5 Å². The molecular formula is C19H23N3O3S. The van der Waals surface area contributed by atoms with E-state index in [2.05, 4.69) is 10.3 Å². The summed E-state index contributed by atoms with van der Waals surface area (Å²) in [6.45, 7) is 2.73. The number of aromatic amines is 1. The molecule has 2 aliphatic carbocycles. The molecule has 4 rings (SSSR count). The number of benzene rings is 1. The van der Waals surface area contributed by atoms with Crippen LogP contribution >= 0.6 is 12.2 Å². The van der Waals surface area contributed by atoms with Crippen molar-refractivity contribution in [3.05, 3.63) is 38.9 Å². The predicted molar refractivity (Wildman–Crippen MR) is 102 cm³/mol. The molecule has 1 spiro atoms. The monoisotopic (exact) mass is 373 g/mol. The Balaban J connectivity index is 1.57. The Morgan fingerprint density at radius 2 is 2.23 bits per heavy atom. The van der Waals surface area contributed by atoms with Gasteiger partial charge in [0.05, 0.1) is 17.0 Å². The second-order valence-electron chi connectivity index (χ2n) is 7.35. The number of hydrogen-bond acceptors (Lipinski definition) is 4. The van der Waals surface area contributed by atoms with Gasteiger partial charge in [0.2, 0.25) is 0 Å². The molecule has 2 aliphatic rings. The van der Waals surface area contributed by atoms with E-state index in [9.17, 15) is 9.59 Å². The number of nitrogens with zero attached hydrogens (tertiary/aromatic N) is 1. The number of amides is 1. The SMILES string of the molecule is CCO[C@@H]1C[C@@H](NC(=O)c2ccc3c(=O)n(C)c(=S)[nH]c3c2)C12CCC2. The second kappa shape index (κ2) is 6.32. The van der Waals surface area contributed by atoms with Crippen LogP contribution in [0, 0.1) is 10.2 Å². The maximum Gasteiger partial charge on any atom is 0.261 e. The van der Waals surface area contributed by atoms with Gasteiger partial charge in [-0.05, 0) is 56.6 Å². The van der Waals surface area contributed by atoms with E-state index in [0.29, 0.717) is 27.8 Å². The van der Waals surface area contributed by atoms with Crippen LogP contribution in [-0.4, -0.2) is 34.2 Å². The number of H-pyrrole nitrogens is 1. The topological polar surface area (TPSA) is 76.1 Å². The minimum atomic E-state index is -0.164. The molecular weight excluding hydrogens is 350 g/mol. The van der Waals surface area contributed by atoms with Gasteiger partial charge >= 0.3 is 0 Å². The molecule has 0 unspecified atom stereocenters. The van der Waals surface area contributed by atoms with Crippen molar-refractivity contribution in [3.63, 3.8) is 0 Å². The fraction of sp³-hybridized carbons (Fsp3) is 0.526. The molecule has 7 heteroatoms. The van der Waals surface area contributed by atoms with Crippen LogP contribution in [0.4, 0.5) is 0 Å². The molecule has 2 fully saturated rings.